The maximum atomic E-state index is 11.7. The van der Waals surface area contributed by atoms with Crippen LogP contribution in [0, 0.1) is 0 Å². The summed E-state index contributed by atoms with van der Waals surface area (Å²) in [6.45, 7) is 0. The zero-order chi connectivity index (χ0) is 10.0. The number of thioether (sulfide) groups is 1. The molecule has 2 rings (SSSR count). The summed E-state index contributed by atoms with van der Waals surface area (Å²) >= 11 is 1.50. The summed E-state index contributed by atoms with van der Waals surface area (Å²) in [5.41, 5.74) is 0.803. The highest BCUT2D eigenvalue weighted by atomic mass is 32.3. The van der Waals surface area contributed by atoms with Crippen LogP contribution in [0.15, 0.2) is 24.5 Å². The van der Waals surface area contributed by atoms with Crippen molar-refractivity contribution in [3.05, 3.63) is 30.1 Å². The van der Waals surface area contributed by atoms with Gasteiger partial charge in [0.25, 0.3) is 0 Å². The van der Waals surface area contributed by atoms with E-state index in [0.29, 0.717) is 5.75 Å². The van der Waals surface area contributed by atoms with Gasteiger partial charge in [-0.15, -0.1) is 11.8 Å². The fourth-order valence-corrected chi connectivity index (χ4v) is 5.24. The molecular formula is C9H11NO2S2. The molecule has 0 spiro atoms. The van der Waals surface area contributed by atoms with Crippen LogP contribution < -0.4 is 0 Å². The summed E-state index contributed by atoms with van der Waals surface area (Å²) in [5, 5.41) is 0. The van der Waals surface area contributed by atoms with E-state index in [1.165, 1.54) is 11.8 Å². The monoisotopic (exact) mass is 229 g/mol. The fourth-order valence-electron chi connectivity index (χ4n) is 1.48. The fraction of sp³-hybridized carbons (Fsp3) is 0.444. The smallest absolute Gasteiger partial charge is 0.166 e. The molecule has 1 aromatic heterocycles. The minimum Gasteiger partial charge on any atom is -0.264 e. The van der Waals surface area contributed by atoms with Crippen molar-refractivity contribution in [1.29, 1.82) is 0 Å². The van der Waals surface area contributed by atoms with Gasteiger partial charge in [0.15, 0.2) is 9.84 Å². The first-order chi connectivity index (χ1) is 6.70. The lowest BCUT2D eigenvalue weighted by Gasteiger charge is -2.21. The largest absolute Gasteiger partial charge is 0.264 e. The molecule has 1 aliphatic heterocycles. The Labute approximate surface area is 87.9 Å². The van der Waals surface area contributed by atoms with Crippen LogP contribution in [0.1, 0.15) is 16.6 Å². The SMILES string of the molecule is O=S1(=O)CCCSC1c1cccnc1. The van der Waals surface area contributed by atoms with Crippen molar-refractivity contribution >= 4 is 21.6 Å². The van der Waals surface area contributed by atoms with Crippen LogP contribution in [-0.2, 0) is 9.84 Å². The molecule has 0 aromatic carbocycles. The number of pyridine rings is 1. The van der Waals surface area contributed by atoms with Crippen molar-refractivity contribution in [2.45, 2.75) is 11.0 Å². The molecule has 14 heavy (non-hydrogen) atoms. The van der Waals surface area contributed by atoms with E-state index in [0.717, 1.165) is 17.7 Å². The number of aromatic nitrogens is 1. The highest BCUT2D eigenvalue weighted by molar-refractivity contribution is 8.13. The third-order valence-electron chi connectivity index (χ3n) is 2.13. The Hall–Kier alpha value is -0.550. The van der Waals surface area contributed by atoms with Crippen LogP contribution in [0.2, 0.25) is 0 Å². The average Bonchev–Trinajstić information content (AvgIpc) is 2.18. The first-order valence-corrected chi connectivity index (χ1v) is 7.20. The van der Waals surface area contributed by atoms with Crippen molar-refractivity contribution in [3.8, 4) is 0 Å². The third-order valence-corrected chi connectivity index (χ3v) is 6.29. The molecule has 2 heterocycles. The van der Waals surface area contributed by atoms with Crippen molar-refractivity contribution in [2.75, 3.05) is 11.5 Å². The molecule has 1 fully saturated rings. The zero-order valence-electron chi connectivity index (χ0n) is 7.59. The lowest BCUT2D eigenvalue weighted by Crippen LogP contribution is -2.20. The normalized spacial score (nSPS) is 25.9. The Kier molecular flexibility index (Phi) is 2.78. The van der Waals surface area contributed by atoms with E-state index >= 15 is 0 Å². The molecule has 1 aliphatic rings. The van der Waals surface area contributed by atoms with E-state index in [2.05, 4.69) is 4.98 Å². The summed E-state index contributed by atoms with van der Waals surface area (Å²) in [6.07, 6.45) is 4.06. The van der Waals surface area contributed by atoms with Gasteiger partial charge >= 0.3 is 0 Å². The first kappa shape index (κ1) is 9.98. The van der Waals surface area contributed by atoms with E-state index in [1.807, 2.05) is 6.07 Å². The van der Waals surface area contributed by atoms with Gasteiger partial charge in [-0.2, -0.15) is 0 Å². The van der Waals surface area contributed by atoms with Gasteiger partial charge in [0.2, 0.25) is 0 Å². The van der Waals surface area contributed by atoms with E-state index in [9.17, 15) is 8.42 Å². The predicted octanol–water partition coefficient (Wildman–Crippen LogP) is 1.63. The van der Waals surface area contributed by atoms with Gasteiger partial charge in [-0.05, 0) is 23.8 Å². The maximum Gasteiger partial charge on any atom is 0.166 e. The third kappa shape index (κ3) is 1.93. The molecule has 76 valence electrons. The molecule has 0 radical (unpaired) electrons. The molecule has 1 aromatic rings. The average molecular weight is 229 g/mol. The molecule has 0 saturated carbocycles. The van der Waals surface area contributed by atoms with Crippen molar-refractivity contribution in [3.63, 3.8) is 0 Å². The summed E-state index contributed by atoms with van der Waals surface area (Å²) < 4.78 is 23.1. The molecule has 0 N–H and O–H groups in total. The second kappa shape index (κ2) is 3.90. The van der Waals surface area contributed by atoms with Crippen LogP contribution in [0.3, 0.4) is 0 Å². The number of hydrogen-bond donors (Lipinski definition) is 0. The Balaban J connectivity index is 2.34. The predicted molar refractivity (Wildman–Crippen MR) is 57.8 cm³/mol. The van der Waals surface area contributed by atoms with Gasteiger partial charge in [-0.1, -0.05) is 6.07 Å². The van der Waals surface area contributed by atoms with Crippen molar-refractivity contribution < 1.29 is 8.42 Å². The lowest BCUT2D eigenvalue weighted by molar-refractivity contribution is 0.591. The summed E-state index contributed by atoms with van der Waals surface area (Å²) in [7, 11) is -2.95. The van der Waals surface area contributed by atoms with Crippen LogP contribution in [0.5, 0.6) is 0 Å². The van der Waals surface area contributed by atoms with Crippen LogP contribution in [0.4, 0.5) is 0 Å². The molecule has 0 bridgehead atoms. The lowest BCUT2D eigenvalue weighted by atomic mass is 10.3. The topological polar surface area (TPSA) is 47.0 Å². The van der Waals surface area contributed by atoms with Crippen molar-refractivity contribution in [2.24, 2.45) is 0 Å². The van der Waals surface area contributed by atoms with Gasteiger partial charge in [0.1, 0.15) is 4.58 Å². The van der Waals surface area contributed by atoms with Gasteiger partial charge < -0.3 is 0 Å². The van der Waals surface area contributed by atoms with E-state index < -0.39 is 14.4 Å². The number of rotatable bonds is 1. The minimum absolute atomic E-state index is 0.305. The number of nitrogens with zero attached hydrogens (tertiary/aromatic N) is 1. The highest BCUT2D eigenvalue weighted by Gasteiger charge is 2.30. The molecule has 1 saturated heterocycles. The Morgan fingerprint density at radius 1 is 1.50 bits per heavy atom. The molecule has 1 unspecified atom stereocenters. The van der Waals surface area contributed by atoms with Crippen LogP contribution in [-0.4, -0.2) is 24.9 Å². The Bertz CT molecular complexity index is 402. The van der Waals surface area contributed by atoms with Crippen LogP contribution >= 0.6 is 11.8 Å². The summed E-state index contributed by atoms with van der Waals surface area (Å²) in [4.78, 5) is 3.95. The number of hydrogen-bond acceptors (Lipinski definition) is 4. The van der Waals surface area contributed by atoms with E-state index in [1.54, 1.807) is 18.5 Å². The summed E-state index contributed by atoms with van der Waals surface area (Å²) in [5.74, 6) is 1.22. The number of sulfone groups is 1. The minimum atomic E-state index is -2.95. The van der Waals surface area contributed by atoms with Crippen LogP contribution in [0.25, 0.3) is 0 Å². The Morgan fingerprint density at radius 2 is 2.36 bits per heavy atom. The van der Waals surface area contributed by atoms with Gasteiger partial charge in [-0.25, -0.2) is 8.42 Å². The second-order valence-corrected chi connectivity index (χ2v) is 6.93. The van der Waals surface area contributed by atoms with E-state index in [-0.39, 0.29) is 0 Å². The molecule has 0 aliphatic carbocycles. The Morgan fingerprint density at radius 3 is 3.00 bits per heavy atom. The van der Waals surface area contributed by atoms with Gasteiger partial charge in [0, 0.05) is 12.4 Å². The first-order valence-electron chi connectivity index (χ1n) is 4.43. The van der Waals surface area contributed by atoms with Gasteiger partial charge in [0.05, 0.1) is 5.75 Å². The standard InChI is InChI=1S/C9H11NO2S2/c11-14(12)6-2-5-13-9(14)8-3-1-4-10-7-8/h1,3-4,7,9H,2,5-6H2. The van der Waals surface area contributed by atoms with Gasteiger partial charge in [-0.3, -0.25) is 4.98 Å². The molecule has 5 heteroatoms. The summed E-state index contributed by atoms with van der Waals surface area (Å²) in [6, 6.07) is 3.60. The maximum absolute atomic E-state index is 11.7. The molecule has 3 nitrogen and oxygen atoms in total. The highest BCUT2D eigenvalue weighted by Crippen LogP contribution is 2.38. The zero-order valence-corrected chi connectivity index (χ0v) is 9.22. The van der Waals surface area contributed by atoms with Crippen molar-refractivity contribution in [1.82, 2.24) is 4.98 Å². The molecule has 1 atom stereocenters. The van der Waals surface area contributed by atoms with E-state index in [4.69, 9.17) is 0 Å². The molecule has 0 amide bonds. The molecular weight excluding hydrogens is 218 g/mol. The quantitative estimate of drug-likeness (QED) is 0.734. The second-order valence-electron chi connectivity index (χ2n) is 3.21.